The number of carbonyl (C=O) groups excluding carboxylic acids is 1. The number of halogens is 1. The number of ether oxygens (including phenoxy) is 2. The fraction of sp³-hybridized carbons (Fsp3) is 0.0500. The smallest absolute Gasteiger partial charge is 0.417 e. The van der Waals surface area contributed by atoms with E-state index < -0.39 is 6.09 Å². The lowest BCUT2D eigenvalue weighted by molar-refractivity contribution is 0.215. The third-order valence-electron chi connectivity index (χ3n) is 3.57. The zero-order valence-corrected chi connectivity index (χ0v) is 14.3. The van der Waals surface area contributed by atoms with Gasteiger partial charge in [-0.2, -0.15) is 0 Å². The van der Waals surface area contributed by atoms with Crippen molar-refractivity contribution in [3.8, 4) is 22.6 Å². The van der Waals surface area contributed by atoms with Crippen molar-refractivity contribution in [3.63, 3.8) is 0 Å². The second kappa shape index (κ2) is 7.73. The first-order chi connectivity index (χ1) is 12.2. The molecule has 5 heteroatoms. The summed E-state index contributed by atoms with van der Waals surface area (Å²) in [6.07, 6.45) is -0.604. The first kappa shape index (κ1) is 16.9. The number of hydrogen-bond donors (Lipinski definition) is 1. The Hall–Kier alpha value is -2.98. The zero-order valence-electron chi connectivity index (χ0n) is 13.5. The normalized spacial score (nSPS) is 10.2. The lowest BCUT2D eigenvalue weighted by Crippen LogP contribution is -2.17. The van der Waals surface area contributed by atoms with Crippen molar-refractivity contribution in [1.29, 1.82) is 0 Å². The van der Waals surface area contributed by atoms with Crippen molar-refractivity contribution in [1.82, 2.24) is 0 Å². The van der Waals surface area contributed by atoms with Crippen molar-refractivity contribution >= 4 is 23.4 Å². The average Bonchev–Trinajstić information content (AvgIpc) is 2.64. The molecule has 0 heterocycles. The van der Waals surface area contributed by atoms with E-state index in [2.05, 4.69) is 5.32 Å². The van der Waals surface area contributed by atoms with Crippen molar-refractivity contribution < 1.29 is 14.3 Å². The van der Waals surface area contributed by atoms with E-state index in [9.17, 15) is 4.79 Å². The van der Waals surface area contributed by atoms with E-state index in [1.54, 1.807) is 30.3 Å². The molecule has 0 aromatic heterocycles. The molecule has 0 saturated heterocycles. The second-order valence-electron chi connectivity index (χ2n) is 5.25. The minimum atomic E-state index is -0.604. The van der Waals surface area contributed by atoms with E-state index in [0.29, 0.717) is 22.2 Å². The Balaban J connectivity index is 1.67. The average molecular weight is 354 g/mol. The molecule has 3 rings (SSSR count). The van der Waals surface area contributed by atoms with E-state index in [4.69, 9.17) is 21.1 Å². The fourth-order valence-corrected chi connectivity index (χ4v) is 2.52. The van der Waals surface area contributed by atoms with Crippen molar-refractivity contribution in [3.05, 3.63) is 77.8 Å². The summed E-state index contributed by atoms with van der Waals surface area (Å²) < 4.78 is 10.5. The molecule has 4 nitrogen and oxygen atoms in total. The maximum Gasteiger partial charge on any atom is 0.417 e. The molecule has 126 valence electrons. The monoisotopic (exact) mass is 353 g/mol. The molecule has 3 aromatic rings. The minimum absolute atomic E-state index is 0.449. The third-order valence-corrected chi connectivity index (χ3v) is 3.81. The van der Waals surface area contributed by atoms with E-state index >= 15 is 0 Å². The van der Waals surface area contributed by atoms with Crippen LogP contribution in [0, 0.1) is 0 Å². The molecule has 3 aromatic carbocycles. The van der Waals surface area contributed by atoms with Gasteiger partial charge in [-0.1, -0.05) is 54.1 Å². The number of nitrogens with one attached hydrogen (secondary N) is 1. The first-order valence-corrected chi connectivity index (χ1v) is 8.01. The summed E-state index contributed by atoms with van der Waals surface area (Å²) >= 11 is 5.90. The molecule has 25 heavy (non-hydrogen) atoms. The predicted molar refractivity (Wildman–Crippen MR) is 99.5 cm³/mol. The molecule has 0 radical (unpaired) electrons. The maximum absolute atomic E-state index is 12.1. The standard InChI is InChI=1S/C20H16ClNO3/c1-24-19-13-16(21)9-12-18(19)22-20(23)25-17-10-7-15(8-11-17)14-5-3-2-4-6-14/h2-13H,1H3,(H,22,23). The molecule has 0 unspecified atom stereocenters. The molecule has 0 aliphatic heterocycles. The Morgan fingerprint density at radius 2 is 1.60 bits per heavy atom. The van der Waals surface area contributed by atoms with Gasteiger partial charge in [0.1, 0.15) is 11.5 Å². The number of rotatable bonds is 4. The van der Waals surface area contributed by atoms with E-state index in [0.717, 1.165) is 11.1 Å². The van der Waals surface area contributed by atoms with Crippen LogP contribution in [0.5, 0.6) is 11.5 Å². The molecular weight excluding hydrogens is 338 g/mol. The van der Waals surface area contributed by atoms with Gasteiger partial charge in [-0.15, -0.1) is 0 Å². The SMILES string of the molecule is COc1cc(Cl)ccc1NC(=O)Oc1ccc(-c2ccccc2)cc1. The topological polar surface area (TPSA) is 47.6 Å². The summed E-state index contributed by atoms with van der Waals surface area (Å²) in [7, 11) is 1.50. The molecule has 0 saturated carbocycles. The number of benzene rings is 3. The van der Waals surface area contributed by atoms with Crippen LogP contribution in [-0.4, -0.2) is 13.2 Å². The molecule has 0 bridgehead atoms. The zero-order chi connectivity index (χ0) is 17.6. The highest BCUT2D eigenvalue weighted by atomic mass is 35.5. The highest BCUT2D eigenvalue weighted by Crippen LogP contribution is 2.28. The van der Waals surface area contributed by atoms with E-state index in [-0.39, 0.29) is 0 Å². The molecule has 1 N–H and O–H groups in total. The van der Waals surface area contributed by atoms with Crippen LogP contribution < -0.4 is 14.8 Å². The van der Waals surface area contributed by atoms with Crippen LogP contribution >= 0.6 is 11.6 Å². The maximum atomic E-state index is 12.1. The van der Waals surface area contributed by atoms with Crippen LogP contribution in [0.15, 0.2) is 72.8 Å². The molecule has 0 atom stereocenters. The van der Waals surface area contributed by atoms with Crippen molar-refractivity contribution in [2.45, 2.75) is 0 Å². The quantitative estimate of drug-likeness (QED) is 0.661. The van der Waals surface area contributed by atoms with Gasteiger partial charge in [0.05, 0.1) is 12.8 Å². The second-order valence-corrected chi connectivity index (χ2v) is 5.69. The summed E-state index contributed by atoms with van der Waals surface area (Å²) in [4.78, 5) is 12.1. The lowest BCUT2D eigenvalue weighted by Gasteiger charge is -2.11. The summed E-state index contributed by atoms with van der Waals surface area (Å²) in [6, 6.07) is 22.2. The van der Waals surface area contributed by atoms with Gasteiger partial charge in [-0.25, -0.2) is 4.79 Å². The van der Waals surface area contributed by atoms with Gasteiger partial charge in [-0.3, -0.25) is 5.32 Å². The predicted octanol–water partition coefficient (Wildman–Crippen LogP) is 5.63. The Morgan fingerprint density at radius 3 is 2.28 bits per heavy atom. The Bertz CT molecular complexity index is 864. The van der Waals surface area contributed by atoms with Gasteiger partial charge in [-0.05, 0) is 35.4 Å². The highest BCUT2D eigenvalue weighted by Gasteiger charge is 2.10. The minimum Gasteiger partial charge on any atom is -0.495 e. The Morgan fingerprint density at radius 1 is 0.920 bits per heavy atom. The van der Waals surface area contributed by atoms with Gasteiger partial charge < -0.3 is 9.47 Å². The number of carbonyl (C=O) groups is 1. The summed E-state index contributed by atoms with van der Waals surface area (Å²) in [6.45, 7) is 0. The molecule has 0 aliphatic carbocycles. The molecular formula is C20H16ClNO3. The van der Waals surface area contributed by atoms with Crippen LogP contribution in [0.25, 0.3) is 11.1 Å². The van der Waals surface area contributed by atoms with Crippen molar-refractivity contribution in [2.75, 3.05) is 12.4 Å². The van der Waals surface area contributed by atoms with Gasteiger partial charge in [0.2, 0.25) is 0 Å². The number of anilines is 1. The van der Waals surface area contributed by atoms with Crippen LogP contribution in [0.3, 0.4) is 0 Å². The molecule has 0 aliphatic rings. The number of hydrogen-bond acceptors (Lipinski definition) is 3. The highest BCUT2D eigenvalue weighted by molar-refractivity contribution is 6.30. The van der Waals surface area contributed by atoms with Crippen molar-refractivity contribution in [2.24, 2.45) is 0 Å². The molecule has 0 spiro atoms. The van der Waals surface area contributed by atoms with Gasteiger partial charge in [0, 0.05) is 11.1 Å². The lowest BCUT2D eigenvalue weighted by atomic mass is 10.1. The van der Waals surface area contributed by atoms with Gasteiger partial charge >= 0.3 is 6.09 Å². The fourth-order valence-electron chi connectivity index (χ4n) is 2.36. The van der Waals surface area contributed by atoms with Crippen LogP contribution in [0.4, 0.5) is 10.5 Å². The third kappa shape index (κ3) is 4.31. The number of methoxy groups -OCH3 is 1. The summed E-state index contributed by atoms with van der Waals surface area (Å²) in [5.41, 5.74) is 2.63. The van der Waals surface area contributed by atoms with E-state index in [1.165, 1.54) is 7.11 Å². The summed E-state index contributed by atoms with van der Waals surface area (Å²) in [5, 5.41) is 3.16. The summed E-state index contributed by atoms with van der Waals surface area (Å²) in [5.74, 6) is 0.911. The Kier molecular flexibility index (Phi) is 5.21. The first-order valence-electron chi connectivity index (χ1n) is 7.63. The number of amides is 1. The van der Waals surface area contributed by atoms with Gasteiger partial charge in [0.25, 0.3) is 0 Å². The molecule has 1 amide bonds. The molecule has 0 fully saturated rings. The Labute approximate surface area is 151 Å². The van der Waals surface area contributed by atoms with Crippen LogP contribution in [0.1, 0.15) is 0 Å². The van der Waals surface area contributed by atoms with Gasteiger partial charge in [0.15, 0.2) is 0 Å². The van der Waals surface area contributed by atoms with E-state index in [1.807, 2.05) is 42.5 Å². The van der Waals surface area contributed by atoms with Crippen LogP contribution in [0.2, 0.25) is 5.02 Å². The largest absolute Gasteiger partial charge is 0.495 e. The van der Waals surface area contributed by atoms with Crippen LogP contribution in [-0.2, 0) is 0 Å².